The van der Waals surface area contributed by atoms with Gasteiger partial charge in [0.05, 0.1) is 26.4 Å². The second-order valence-corrected chi connectivity index (χ2v) is 7.79. The van der Waals surface area contributed by atoms with Crippen LogP contribution in [0.25, 0.3) is 0 Å². The molecule has 0 bridgehead atoms. The van der Waals surface area contributed by atoms with Crippen LogP contribution in [-0.2, 0) is 9.47 Å². The Morgan fingerprint density at radius 1 is 0.767 bits per heavy atom. The molecule has 0 unspecified atom stereocenters. The molecule has 0 aromatic heterocycles. The van der Waals surface area contributed by atoms with Crippen LogP contribution in [0.3, 0.4) is 0 Å². The first kappa shape index (κ1) is 19.6. The summed E-state index contributed by atoms with van der Waals surface area (Å²) >= 11 is 0. The maximum Gasteiger partial charge on any atom is 0.139 e. The topological polar surface area (TPSA) is 40.5 Å². The number of morpholine rings is 2. The molecule has 158 valence electrons. The quantitative estimate of drug-likeness (QED) is 0.774. The van der Waals surface area contributed by atoms with Crippen molar-refractivity contribution < 1.29 is 13.9 Å². The lowest BCUT2D eigenvalue weighted by molar-refractivity contribution is -0.0273. The zero-order valence-corrected chi connectivity index (χ0v) is 17.0. The van der Waals surface area contributed by atoms with Gasteiger partial charge in [0.25, 0.3) is 0 Å². The predicted molar refractivity (Wildman–Crippen MR) is 114 cm³/mol. The van der Waals surface area contributed by atoms with Crippen LogP contribution in [0.5, 0.6) is 0 Å². The van der Waals surface area contributed by atoms with E-state index >= 15 is 0 Å². The Kier molecular flexibility index (Phi) is 5.77. The highest BCUT2D eigenvalue weighted by Crippen LogP contribution is 2.33. The number of hydrogen-bond donors (Lipinski definition) is 0. The molecular weight excluding hydrogens is 383 g/mol. The number of rotatable bonds is 4. The van der Waals surface area contributed by atoms with Gasteiger partial charge >= 0.3 is 0 Å². The van der Waals surface area contributed by atoms with Gasteiger partial charge in [-0.1, -0.05) is 30.3 Å². The van der Waals surface area contributed by atoms with Crippen molar-refractivity contribution in [3.8, 4) is 0 Å². The fourth-order valence-electron chi connectivity index (χ4n) is 4.50. The average Bonchev–Trinajstić information content (AvgIpc) is 3.22. The minimum atomic E-state index is -0.233. The average molecular weight is 410 g/mol. The van der Waals surface area contributed by atoms with Gasteiger partial charge in [-0.15, -0.1) is 0 Å². The van der Waals surface area contributed by atoms with E-state index in [0.717, 1.165) is 56.5 Å². The van der Waals surface area contributed by atoms with Crippen LogP contribution in [0.15, 0.2) is 59.6 Å². The molecule has 3 aliphatic heterocycles. The molecule has 0 spiro atoms. The summed E-state index contributed by atoms with van der Waals surface area (Å²) in [6, 6.07) is 17.0. The lowest BCUT2D eigenvalue weighted by Gasteiger charge is -2.43. The Balaban J connectivity index is 1.59. The van der Waals surface area contributed by atoms with Gasteiger partial charge in [-0.3, -0.25) is 9.80 Å². The minimum Gasteiger partial charge on any atom is -0.379 e. The van der Waals surface area contributed by atoms with Crippen molar-refractivity contribution in [2.24, 2.45) is 4.99 Å². The minimum absolute atomic E-state index is 0.0210. The first-order valence-corrected chi connectivity index (χ1v) is 10.6. The van der Waals surface area contributed by atoms with Gasteiger partial charge in [0.2, 0.25) is 0 Å². The number of hydrogen-bond acceptors (Lipinski definition) is 6. The first-order chi connectivity index (χ1) is 14.8. The fourth-order valence-corrected chi connectivity index (χ4v) is 4.50. The van der Waals surface area contributed by atoms with Crippen molar-refractivity contribution in [1.29, 1.82) is 0 Å². The van der Waals surface area contributed by atoms with Crippen LogP contribution >= 0.6 is 0 Å². The molecule has 2 saturated heterocycles. The highest BCUT2D eigenvalue weighted by atomic mass is 19.1. The van der Waals surface area contributed by atoms with Gasteiger partial charge in [0.15, 0.2) is 0 Å². The molecule has 2 fully saturated rings. The lowest BCUT2D eigenvalue weighted by atomic mass is 10.1. The van der Waals surface area contributed by atoms with Crippen LogP contribution in [0.1, 0.15) is 5.56 Å². The number of anilines is 1. The van der Waals surface area contributed by atoms with E-state index in [2.05, 4.69) is 26.8 Å². The third kappa shape index (κ3) is 3.86. The van der Waals surface area contributed by atoms with Crippen LogP contribution < -0.4 is 4.90 Å². The van der Waals surface area contributed by atoms with E-state index in [9.17, 15) is 4.39 Å². The zero-order chi connectivity index (χ0) is 20.3. The smallest absolute Gasteiger partial charge is 0.139 e. The highest BCUT2D eigenvalue weighted by Gasteiger charge is 2.44. The predicted octanol–water partition coefficient (Wildman–Crippen LogP) is 2.41. The van der Waals surface area contributed by atoms with Crippen LogP contribution in [0, 0.1) is 5.82 Å². The lowest BCUT2D eigenvalue weighted by Crippen LogP contribution is -2.60. The summed E-state index contributed by atoms with van der Waals surface area (Å²) < 4.78 is 24.9. The largest absolute Gasteiger partial charge is 0.379 e. The fraction of sp³-hybridized carbons (Fsp3) is 0.435. The Labute approximate surface area is 176 Å². The molecule has 3 aliphatic rings. The van der Waals surface area contributed by atoms with Gasteiger partial charge in [0, 0.05) is 37.4 Å². The maximum absolute atomic E-state index is 13.7. The summed E-state index contributed by atoms with van der Waals surface area (Å²) in [6.45, 7) is 6.27. The van der Waals surface area contributed by atoms with E-state index in [1.807, 2.05) is 30.3 Å². The number of benzene rings is 2. The molecule has 2 atom stereocenters. The number of ether oxygens (including phenoxy) is 2. The highest BCUT2D eigenvalue weighted by molar-refractivity contribution is 6.11. The Hall–Kier alpha value is -2.32. The van der Waals surface area contributed by atoms with E-state index in [1.165, 1.54) is 12.1 Å². The van der Waals surface area contributed by atoms with Crippen molar-refractivity contribution in [3.63, 3.8) is 0 Å². The summed E-state index contributed by atoms with van der Waals surface area (Å²) in [7, 11) is 0. The van der Waals surface area contributed by atoms with Crippen LogP contribution in [0.2, 0.25) is 0 Å². The molecule has 2 aromatic rings. The van der Waals surface area contributed by atoms with Gasteiger partial charge in [-0.2, -0.15) is 0 Å². The molecule has 6 nitrogen and oxygen atoms in total. The number of halogens is 1. The van der Waals surface area contributed by atoms with E-state index in [0.29, 0.717) is 13.2 Å². The van der Waals surface area contributed by atoms with Gasteiger partial charge in [0.1, 0.15) is 24.0 Å². The molecule has 3 heterocycles. The van der Waals surface area contributed by atoms with Gasteiger partial charge in [-0.25, -0.2) is 9.38 Å². The first-order valence-electron chi connectivity index (χ1n) is 10.6. The number of amidine groups is 1. The number of aliphatic imine (C=N–C) groups is 1. The molecule has 0 radical (unpaired) electrons. The molecule has 2 aromatic carbocycles. The van der Waals surface area contributed by atoms with Gasteiger partial charge < -0.3 is 14.4 Å². The van der Waals surface area contributed by atoms with Crippen LogP contribution in [0.4, 0.5) is 10.1 Å². The monoisotopic (exact) mass is 410 g/mol. The molecule has 5 rings (SSSR count). The summed E-state index contributed by atoms with van der Waals surface area (Å²) in [5.41, 5.74) is 2.02. The SMILES string of the molecule is Fc1ccc(N2C(c3ccccc3)=N[C@H](N3CCOCC3)[C@@H]2N2CCOCC2)cc1. The number of nitrogens with zero attached hydrogens (tertiary/aromatic N) is 4. The second kappa shape index (κ2) is 8.81. The standard InChI is InChI=1S/C23H27FN4O2/c24-19-6-8-20(9-7-19)28-21(18-4-2-1-3-5-18)25-22(26-10-14-29-15-11-26)23(28)27-12-16-30-17-13-27/h1-9,22-23H,10-17H2/t22-,23-/m1/s1. The molecule has 0 N–H and O–H groups in total. The Morgan fingerprint density at radius 3 is 2.00 bits per heavy atom. The Morgan fingerprint density at radius 2 is 1.37 bits per heavy atom. The maximum atomic E-state index is 13.7. The van der Waals surface area contributed by atoms with Gasteiger partial charge in [-0.05, 0) is 24.3 Å². The molecule has 30 heavy (non-hydrogen) atoms. The van der Waals surface area contributed by atoms with E-state index in [-0.39, 0.29) is 18.1 Å². The van der Waals surface area contributed by atoms with Crippen LogP contribution in [-0.4, -0.2) is 80.6 Å². The molecule has 0 amide bonds. The molecule has 0 aliphatic carbocycles. The summed E-state index contributed by atoms with van der Waals surface area (Å²) in [4.78, 5) is 12.4. The normalized spacial score (nSPS) is 26.0. The van der Waals surface area contributed by atoms with E-state index in [1.54, 1.807) is 0 Å². The summed E-state index contributed by atoms with van der Waals surface area (Å²) in [5.74, 6) is 0.694. The third-order valence-electron chi connectivity index (χ3n) is 5.99. The van der Waals surface area contributed by atoms with Crippen molar-refractivity contribution in [2.45, 2.75) is 12.3 Å². The summed E-state index contributed by atoms with van der Waals surface area (Å²) in [5, 5.41) is 0. The zero-order valence-electron chi connectivity index (χ0n) is 17.0. The molecule has 0 saturated carbocycles. The van der Waals surface area contributed by atoms with E-state index < -0.39 is 0 Å². The van der Waals surface area contributed by atoms with E-state index in [4.69, 9.17) is 14.5 Å². The van der Waals surface area contributed by atoms with Crippen molar-refractivity contribution in [2.75, 3.05) is 57.5 Å². The van der Waals surface area contributed by atoms with Crippen molar-refractivity contribution >= 4 is 11.5 Å². The Bertz CT molecular complexity index is 865. The molecule has 7 heteroatoms. The third-order valence-corrected chi connectivity index (χ3v) is 5.99. The second-order valence-electron chi connectivity index (χ2n) is 7.79. The van der Waals surface area contributed by atoms with Crippen molar-refractivity contribution in [1.82, 2.24) is 9.80 Å². The summed E-state index contributed by atoms with van der Waals surface area (Å²) in [6.07, 6.45) is -0.0000680. The van der Waals surface area contributed by atoms with Crippen molar-refractivity contribution in [3.05, 3.63) is 66.0 Å². The molecular formula is C23H27FN4O2.